The molecule has 0 amide bonds. The SMILES string of the molecule is CNCCc1cn2nc(-c3cc[nH]c3)ccc2n1. The lowest BCUT2D eigenvalue weighted by Crippen LogP contribution is -2.10. The van der Waals surface area contributed by atoms with Gasteiger partial charge in [-0.1, -0.05) is 0 Å². The fourth-order valence-corrected chi connectivity index (χ4v) is 1.94. The molecule has 0 unspecified atom stereocenters. The fourth-order valence-electron chi connectivity index (χ4n) is 1.94. The van der Waals surface area contributed by atoms with Crippen molar-refractivity contribution in [3.63, 3.8) is 0 Å². The number of aromatic amines is 1. The number of aromatic nitrogens is 4. The average molecular weight is 241 g/mol. The van der Waals surface area contributed by atoms with E-state index in [0.29, 0.717) is 0 Å². The summed E-state index contributed by atoms with van der Waals surface area (Å²) in [4.78, 5) is 7.56. The Labute approximate surface area is 105 Å². The Morgan fingerprint density at radius 1 is 1.33 bits per heavy atom. The third kappa shape index (κ3) is 2.00. The predicted octanol–water partition coefficient (Wildman–Crippen LogP) is 1.49. The summed E-state index contributed by atoms with van der Waals surface area (Å²) < 4.78 is 1.84. The highest BCUT2D eigenvalue weighted by Gasteiger charge is 2.05. The Hall–Kier alpha value is -2.14. The van der Waals surface area contributed by atoms with Gasteiger partial charge in [0, 0.05) is 30.9 Å². The quantitative estimate of drug-likeness (QED) is 0.727. The number of H-pyrrole nitrogens is 1. The van der Waals surface area contributed by atoms with Gasteiger partial charge in [-0.05, 0) is 25.2 Å². The van der Waals surface area contributed by atoms with Gasteiger partial charge in [0.1, 0.15) is 0 Å². The van der Waals surface area contributed by atoms with Crippen LogP contribution in [-0.2, 0) is 6.42 Å². The average Bonchev–Trinajstić information content (AvgIpc) is 3.03. The Morgan fingerprint density at radius 3 is 3.06 bits per heavy atom. The first kappa shape index (κ1) is 11.0. The minimum absolute atomic E-state index is 0.889. The number of hydrogen-bond acceptors (Lipinski definition) is 3. The maximum atomic E-state index is 4.56. The molecule has 0 saturated carbocycles. The number of fused-ring (bicyclic) bond motifs is 1. The molecule has 0 bridgehead atoms. The molecule has 0 spiro atoms. The molecule has 18 heavy (non-hydrogen) atoms. The lowest BCUT2D eigenvalue weighted by Gasteiger charge is -1.97. The summed E-state index contributed by atoms with van der Waals surface area (Å²) in [6.45, 7) is 0.925. The highest BCUT2D eigenvalue weighted by Crippen LogP contribution is 2.16. The van der Waals surface area contributed by atoms with Crippen molar-refractivity contribution in [2.45, 2.75) is 6.42 Å². The molecule has 3 rings (SSSR count). The summed E-state index contributed by atoms with van der Waals surface area (Å²) in [7, 11) is 1.94. The van der Waals surface area contributed by atoms with Gasteiger partial charge in [0.2, 0.25) is 0 Å². The van der Waals surface area contributed by atoms with E-state index in [9.17, 15) is 0 Å². The van der Waals surface area contributed by atoms with Gasteiger partial charge in [-0.25, -0.2) is 9.50 Å². The Morgan fingerprint density at radius 2 is 2.28 bits per heavy atom. The van der Waals surface area contributed by atoms with E-state index < -0.39 is 0 Å². The van der Waals surface area contributed by atoms with Crippen molar-refractivity contribution < 1.29 is 0 Å². The molecule has 0 saturated heterocycles. The smallest absolute Gasteiger partial charge is 0.153 e. The highest BCUT2D eigenvalue weighted by molar-refractivity contribution is 5.59. The van der Waals surface area contributed by atoms with Crippen LogP contribution in [0.2, 0.25) is 0 Å². The van der Waals surface area contributed by atoms with Gasteiger partial charge in [-0.15, -0.1) is 0 Å². The molecule has 2 N–H and O–H groups in total. The van der Waals surface area contributed by atoms with Crippen LogP contribution in [0.5, 0.6) is 0 Å². The number of likely N-dealkylation sites (N-methyl/N-ethyl adjacent to an activating group) is 1. The molecule has 92 valence electrons. The van der Waals surface area contributed by atoms with E-state index in [-0.39, 0.29) is 0 Å². The van der Waals surface area contributed by atoms with Gasteiger partial charge in [0.25, 0.3) is 0 Å². The van der Waals surface area contributed by atoms with Gasteiger partial charge in [-0.2, -0.15) is 5.10 Å². The van der Waals surface area contributed by atoms with E-state index in [1.807, 2.05) is 48.4 Å². The zero-order valence-corrected chi connectivity index (χ0v) is 10.2. The van der Waals surface area contributed by atoms with Crippen molar-refractivity contribution >= 4 is 5.65 Å². The van der Waals surface area contributed by atoms with Crippen molar-refractivity contribution in [3.8, 4) is 11.3 Å². The zero-order valence-electron chi connectivity index (χ0n) is 10.2. The van der Waals surface area contributed by atoms with Crippen molar-refractivity contribution in [3.05, 3.63) is 42.5 Å². The largest absolute Gasteiger partial charge is 0.367 e. The van der Waals surface area contributed by atoms with E-state index in [0.717, 1.165) is 35.6 Å². The molecular formula is C13H15N5. The Bertz CT molecular complexity index is 639. The number of imidazole rings is 1. The first-order valence-corrected chi connectivity index (χ1v) is 6.00. The number of hydrogen-bond donors (Lipinski definition) is 2. The van der Waals surface area contributed by atoms with Gasteiger partial charge < -0.3 is 10.3 Å². The molecular weight excluding hydrogens is 226 g/mol. The predicted molar refractivity (Wildman–Crippen MR) is 70.4 cm³/mol. The molecule has 0 atom stereocenters. The minimum atomic E-state index is 0.889. The topological polar surface area (TPSA) is 58.0 Å². The normalized spacial score (nSPS) is 11.2. The van der Waals surface area contributed by atoms with Gasteiger partial charge in [0.05, 0.1) is 17.6 Å². The van der Waals surface area contributed by atoms with Gasteiger partial charge in [-0.3, -0.25) is 0 Å². The fraction of sp³-hybridized carbons (Fsp3) is 0.231. The first-order chi connectivity index (χ1) is 8.86. The van der Waals surface area contributed by atoms with Crippen LogP contribution in [0, 0.1) is 0 Å². The molecule has 5 nitrogen and oxygen atoms in total. The van der Waals surface area contributed by atoms with Crippen molar-refractivity contribution in [1.29, 1.82) is 0 Å². The molecule has 0 aliphatic heterocycles. The third-order valence-electron chi connectivity index (χ3n) is 2.89. The van der Waals surface area contributed by atoms with Crippen LogP contribution in [0.4, 0.5) is 0 Å². The first-order valence-electron chi connectivity index (χ1n) is 6.00. The van der Waals surface area contributed by atoms with E-state index in [1.165, 1.54) is 0 Å². The summed E-state index contributed by atoms with van der Waals surface area (Å²) in [5, 5.41) is 7.68. The van der Waals surface area contributed by atoms with E-state index in [2.05, 4.69) is 20.4 Å². The van der Waals surface area contributed by atoms with Crippen LogP contribution in [-0.4, -0.2) is 33.2 Å². The maximum Gasteiger partial charge on any atom is 0.153 e. The Balaban J connectivity index is 1.96. The lowest BCUT2D eigenvalue weighted by molar-refractivity contribution is 0.779. The van der Waals surface area contributed by atoms with Crippen LogP contribution in [0.3, 0.4) is 0 Å². The van der Waals surface area contributed by atoms with Crippen LogP contribution in [0.1, 0.15) is 5.69 Å². The summed E-state index contributed by atoms with van der Waals surface area (Å²) in [5.41, 5.74) is 3.98. The van der Waals surface area contributed by atoms with Crippen molar-refractivity contribution in [2.75, 3.05) is 13.6 Å². The second kappa shape index (κ2) is 4.62. The van der Waals surface area contributed by atoms with Crippen molar-refractivity contribution in [1.82, 2.24) is 24.9 Å². The second-order valence-corrected chi connectivity index (χ2v) is 4.21. The Kier molecular flexibility index (Phi) is 2.82. The highest BCUT2D eigenvalue weighted by atomic mass is 15.2. The maximum absolute atomic E-state index is 4.56. The van der Waals surface area contributed by atoms with Gasteiger partial charge in [0.15, 0.2) is 5.65 Å². The minimum Gasteiger partial charge on any atom is -0.367 e. The molecule has 3 aromatic heterocycles. The summed E-state index contributed by atoms with van der Waals surface area (Å²) in [5.74, 6) is 0. The molecule has 3 aromatic rings. The van der Waals surface area contributed by atoms with Crippen LogP contribution >= 0.6 is 0 Å². The van der Waals surface area contributed by atoms with E-state index >= 15 is 0 Å². The summed E-state index contributed by atoms with van der Waals surface area (Å²) in [6, 6.07) is 6.00. The summed E-state index contributed by atoms with van der Waals surface area (Å²) in [6.07, 6.45) is 6.74. The molecule has 0 aliphatic carbocycles. The molecule has 0 radical (unpaired) electrons. The molecule has 5 heteroatoms. The molecule has 0 aliphatic rings. The second-order valence-electron chi connectivity index (χ2n) is 4.21. The number of nitrogens with zero attached hydrogens (tertiary/aromatic N) is 3. The van der Waals surface area contributed by atoms with Crippen LogP contribution in [0.25, 0.3) is 16.9 Å². The summed E-state index contributed by atoms with van der Waals surface area (Å²) >= 11 is 0. The monoisotopic (exact) mass is 241 g/mol. The lowest BCUT2D eigenvalue weighted by atomic mass is 10.2. The van der Waals surface area contributed by atoms with E-state index in [1.54, 1.807) is 0 Å². The molecule has 0 fully saturated rings. The number of rotatable bonds is 4. The zero-order chi connectivity index (χ0) is 12.4. The van der Waals surface area contributed by atoms with Crippen LogP contribution < -0.4 is 5.32 Å². The molecule has 3 heterocycles. The van der Waals surface area contributed by atoms with E-state index in [4.69, 9.17) is 0 Å². The standard InChI is InChI=1S/C13H15N5/c1-14-6-5-11-9-18-13(16-11)3-2-12(17-18)10-4-7-15-8-10/h2-4,7-9,14-15H,5-6H2,1H3. The third-order valence-corrected chi connectivity index (χ3v) is 2.89. The van der Waals surface area contributed by atoms with Gasteiger partial charge >= 0.3 is 0 Å². The van der Waals surface area contributed by atoms with Crippen molar-refractivity contribution in [2.24, 2.45) is 0 Å². The molecule has 0 aromatic carbocycles. The number of nitrogens with one attached hydrogen (secondary N) is 2. The van der Waals surface area contributed by atoms with Crippen LogP contribution in [0.15, 0.2) is 36.8 Å².